The topological polar surface area (TPSA) is 84.9 Å². The van der Waals surface area contributed by atoms with Crippen molar-refractivity contribution >= 4 is 10.1 Å². The lowest BCUT2D eigenvalue weighted by Gasteiger charge is -2.08. The van der Waals surface area contributed by atoms with Crippen molar-refractivity contribution in [3.8, 4) is 5.75 Å². The van der Waals surface area contributed by atoms with Gasteiger partial charge >= 0.3 is 0 Å². The third kappa shape index (κ3) is 6.85. The molecule has 0 amide bonds. The molecule has 114 valence electrons. The molecule has 6 nitrogen and oxygen atoms in total. The Morgan fingerprint density at radius 3 is 2.80 bits per heavy atom. The summed E-state index contributed by atoms with van der Waals surface area (Å²) in [5.74, 6) is 0.332. The third-order valence-corrected chi connectivity index (χ3v) is 3.39. The van der Waals surface area contributed by atoms with Gasteiger partial charge in [0.25, 0.3) is 10.1 Å². The van der Waals surface area contributed by atoms with Crippen LogP contribution in [0.3, 0.4) is 0 Å². The molecule has 0 spiro atoms. The molecule has 0 fully saturated rings. The molecule has 0 aliphatic rings. The van der Waals surface area contributed by atoms with E-state index in [0.29, 0.717) is 12.4 Å². The number of rotatable bonds is 10. The van der Waals surface area contributed by atoms with E-state index in [4.69, 9.17) is 14.0 Å². The van der Waals surface area contributed by atoms with Gasteiger partial charge in [-0.05, 0) is 25.1 Å². The summed E-state index contributed by atoms with van der Waals surface area (Å²) < 4.78 is 41.3. The summed E-state index contributed by atoms with van der Waals surface area (Å²) in [5, 5.41) is 3.22. The average molecular weight is 303 g/mol. The molecule has 0 saturated heterocycles. The predicted octanol–water partition coefficient (Wildman–Crippen LogP) is 1.68. The van der Waals surface area contributed by atoms with Crippen LogP contribution in [0.15, 0.2) is 29.2 Å². The molecule has 0 radical (unpaired) electrons. The summed E-state index contributed by atoms with van der Waals surface area (Å²) in [7, 11) is -4.20. The molecule has 0 atom stereocenters. The Morgan fingerprint density at radius 1 is 1.30 bits per heavy atom. The number of nitrogens with one attached hydrogen (secondary N) is 1. The van der Waals surface area contributed by atoms with Gasteiger partial charge in [-0.25, -0.2) is 0 Å². The second-order valence-electron chi connectivity index (χ2n) is 4.22. The molecule has 2 N–H and O–H groups in total. The zero-order valence-electron chi connectivity index (χ0n) is 11.5. The normalized spacial score (nSPS) is 11.5. The van der Waals surface area contributed by atoms with Crippen LogP contribution in [0, 0.1) is 0 Å². The van der Waals surface area contributed by atoms with Crippen molar-refractivity contribution in [3.63, 3.8) is 0 Å². The molecule has 0 aromatic heterocycles. The van der Waals surface area contributed by atoms with E-state index in [0.717, 1.165) is 25.9 Å². The quantitative estimate of drug-likeness (QED) is 0.388. The predicted molar refractivity (Wildman–Crippen MR) is 75.5 cm³/mol. The highest BCUT2D eigenvalue weighted by Crippen LogP contribution is 2.16. The summed E-state index contributed by atoms with van der Waals surface area (Å²) in [6, 6.07) is 5.63. The lowest BCUT2D eigenvalue weighted by molar-refractivity contribution is 0.0169. The van der Waals surface area contributed by atoms with Gasteiger partial charge in [-0.3, -0.25) is 4.55 Å². The molecule has 20 heavy (non-hydrogen) atoms. The summed E-state index contributed by atoms with van der Waals surface area (Å²) in [6.07, 6.45) is 2.29. The Kier molecular flexibility index (Phi) is 7.53. The van der Waals surface area contributed by atoms with E-state index in [2.05, 4.69) is 12.2 Å². The van der Waals surface area contributed by atoms with Crippen molar-refractivity contribution in [2.45, 2.75) is 24.7 Å². The highest BCUT2D eigenvalue weighted by molar-refractivity contribution is 7.85. The molecular weight excluding hydrogens is 282 g/mol. The van der Waals surface area contributed by atoms with Crippen LogP contribution in [0.25, 0.3) is 0 Å². The number of hydrogen-bond donors (Lipinski definition) is 2. The van der Waals surface area contributed by atoms with Gasteiger partial charge in [0.15, 0.2) is 6.79 Å². The Morgan fingerprint density at radius 2 is 2.10 bits per heavy atom. The molecule has 1 rings (SSSR count). The van der Waals surface area contributed by atoms with Gasteiger partial charge in [-0.1, -0.05) is 19.4 Å². The Hall–Kier alpha value is -1.15. The minimum atomic E-state index is -4.20. The summed E-state index contributed by atoms with van der Waals surface area (Å²) in [5.41, 5.74) is 0. The minimum absolute atomic E-state index is 0.0321. The van der Waals surface area contributed by atoms with Crippen LogP contribution < -0.4 is 10.1 Å². The van der Waals surface area contributed by atoms with Gasteiger partial charge in [-0.15, -0.1) is 0 Å². The van der Waals surface area contributed by atoms with Crippen LogP contribution in [-0.4, -0.2) is 39.5 Å². The molecule has 0 aliphatic heterocycles. The van der Waals surface area contributed by atoms with Crippen LogP contribution >= 0.6 is 0 Å². The fourth-order valence-corrected chi connectivity index (χ4v) is 1.98. The minimum Gasteiger partial charge on any atom is -0.468 e. The molecular formula is C13H21NO5S. The third-order valence-electron chi connectivity index (χ3n) is 2.54. The van der Waals surface area contributed by atoms with Gasteiger partial charge < -0.3 is 14.8 Å². The first kappa shape index (κ1) is 16.9. The molecule has 0 heterocycles. The van der Waals surface area contributed by atoms with E-state index in [1.807, 2.05) is 0 Å². The highest BCUT2D eigenvalue weighted by atomic mass is 32.2. The molecule has 0 aliphatic carbocycles. The molecule has 7 heteroatoms. The van der Waals surface area contributed by atoms with Crippen molar-refractivity contribution in [1.29, 1.82) is 0 Å². The van der Waals surface area contributed by atoms with Crippen LogP contribution in [0.1, 0.15) is 19.8 Å². The van der Waals surface area contributed by atoms with Crippen LogP contribution in [0.2, 0.25) is 0 Å². The number of ether oxygens (including phenoxy) is 2. The van der Waals surface area contributed by atoms with E-state index in [1.165, 1.54) is 18.2 Å². The second-order valence-corrected chi connectivity index (χ2v) is 5.65. The molecule has 0 bridgehead atoms. The maximum absolute atomic E-state index is 10.9. The van der Waals surface area contributed by atoms with Crippen molar-refractivity contribution in [2.75, 3.05) is 26.5 Å². The fourth-order valence-electron chi connectivity index (χ4n) is 1.46. The zero-order valence-corrected chi connectivity index (χ0v) is 12.4. The smallest absolute Gasteiger partial charge is 0.294 e. The van der Waals surface area contributed by atoms with Crippen molar-refractivity contribution < 1.29 is 22.4 Å². The lowest BCUT2D eigenvalue weighted by atomic mass is 10.3. The Bertz CT molecular complexity index is 489. The van der Waals surface area contributed by atoms with Gasteiger partial charge in [0.2, 0.25) is 0 Å². The summed E-state index contributed by atoms with van der Waals surface area (Å²) >= 11 is 0. The second kappa shape index (κ2) is 8.91. The lowest BCUT2D eigenvalue weighted by Crippen LogP contribution is -2.21. The first-order valence-corrected chi connectivity index (χ1v) is 7.97. The molecule has 1 aromatic carbocycles. The van der Waals surface area contributed by atoms with E-state index in [-0.39, 0.29) is 11.7 Å². The van der Waals surface area contributed by atoms with E-state index in [9.17, 15) is 8.42 Å². The van der Waals surface area contributed by atoms with Crippen molar-refractivity contribution in [3.05, 3.63) is 24.3 Å². The van der Waals surface area contributed by atoms with Gasteiger partial charge in [0.1, 0.15) is 5.75 Å². The molecule has 1 aromatic rings. The molecule has 0 unspecified atom stereocenters. The SMILES string of the molecule is CCCCNCCOCOc1cccc(S(=O)(=O)O)c1. The van der Waals surface area contributed by atoms with Crippen LogP contribution in [0.5, 0.6) is 5.75 Å². The number of benzene rings is 1. The first-order chi connectivity index (χ1) is 9.54. The van der Waals surface area contributed by atoms with Gasteiger partial charge in [-0.2, -0.15) is 8.42 Å². The number of unbranched alkanes of at least 4 members (excludes halogenated alkanes) is 1. The number of hydrogen-bond acceptors (Lipinski definition) is 5. The van der Waals surface area contributed by atoms with E-state index >= 15 is 0 Å². The first-order valence-electron chi connectivity index (χ1n) is 6.53. The Balaban J connectivity index is 2.22. The Labute approximate surface area is 119 Å². The van der Waals surface area contributed by atoms with Crippen molar-refractivity contribution in [1.82, 2.24) is 5.32 Å². The van der Waals surface area contributed by atoms with E-state index in [1.54, 1.807) is 6.07 Å². The maximum Gasteiger partial charge on any atom is 0.294 e. The zero-order chi connectivity index (χ0) is 14.8. The van der Waals surface area contributed by atoms with Gasteiger partial charge in [0, 0.05) is 12.6 Å². The summed E-state index contributed by atoms with van der Waals surface area (Å²) in [6.45, 7) is 4.39. The van der Waals surface area contributed by atoms with Crippen LogP contribution in [-0.2, 0) is 14.9 Å². The van der Waals surface area contributed by atoms with Gasteiger partial charge in [0.05, 0.1) is 11.5 Å². The van der Waals surface area contributed by atoms with Crippen molar-refractivity contribution in [2.24, 2.45) is 0 Å². The van der Waals surface area contributed by atoms with Crippen LogP contribution in [0.4, 0.5) is 0 Å². The average Bonchev–Trinajstić information content (AvgIpc) is 2.41. The molecule has 0 saturated carbocycles. The standard InChI is InChI=1S/C13H21NO5S/c1-2-3-7-14-8-9-18-11-19-12-5-4-6-13(10-12)20(15,16)17/h4-6,10,14H,2-3,7-9,11H2,1H3,(H,15,16,17). The largest absolute Gasteiger partial charge is 0.468 e. The summed E-state index contributed by atoms with van der Waals surface area (Å²) in [4.78, 5) is -0.198. The maximum atomic E-state index is 10.9. The fraction of sp³-hybridized carbons (Fsp3) is 0.538. The monoisotopic (exact) mass is 303 g/mol. The highest BCUT2D eigenvalue weighted by Gasteiger charge is 2.09. The van der Waals surface area contributed by atoms with E-state index < -0.39 is 10.1 Å².